The maximum absolute atomic E-state index is 12.0. The molecule has 0 aromatic carbocycles. The highest BCUT2D eigenvalue weighted by molar-refractivity contribution is 5.20. The van der Waals surface area contributed by atoms with Gasteiger partial charge in [-0.15, -0.1) is 0 Å². The fourth-order valence-electron chi connectivity index (χ4n) is 3.08. The summed E-state index contributed by atoms with van der Waals surface area (Å²) in [6, 6.07) is -0.113. The second-order valence-electron chi connectivity index (χ2n) is 6.04. The van der Waals surface area contributed by atoms with Crippen molar-refractivity contribution in [3.05, 3.63) is 27.4 Å². The van der Waals surface area contributed by atoms with E-state index in [9.17, 15) is 9.90 Å². The van der Waals surface area contributed by atoms with Gasteiger partial charge in [-0.05, 0) is 33.6 Å². The van der Waals surface area contributed by atoms with Crippen molar-refractivity contribution in [2.75, 3.05) is 6.54 Å². The molecule has 1 aromatic heterocycles. The zero-order valence-electron chi connectivity index (χ0n) is 12.6. The van der Waals surface area contributed by atoms with Gasteiger partial charge in [-0.25, -0.2) is 4.98 Å². The lowest BCUT2D eigenvalue weighted by Gasteiger charge is -2.33. The molecule has 1 atom stereocenters. The van der Waals surface area contributed by atoms with E-state index in [0.717, 1.165) is 31.4 Å². The first-order chi connectivity index (χ1) is 9.41. The summed E-state index contributed by atoms with van der Waals surface area (Å²) in [7, 11) is 0. The van der Waals surface area contributed by atoms with Crippen LogP contribution in [0.15, 0.2) is 4.79 Å². The lowest BCUT2D eigenvalue weighted by Crippen LogP contribution is -2.43. The summed E-state index contributed by atoms with van der Waals surface area (Å²) >= 11 is 0. The topological polar surface area (TPSA) is 78.0 Å². The first-order valence-corrected chi connectivity index (χ1v) is 7.44. The minimum atomic E-state index is -0.620. The first-order valence-electron chi connectivity index (χ1n) is 7.44. The molecule has 1 saturated carbocycles. The van der Waals surface area contributed by atoms with E-state index in [1.165, 1.54) is 6.42 Å². The van der Waals surface area contributed by atoms with E-state index in [2.05, 4.69) is 15.3 Å². The van der Waals surface area contributed by atoms with Gasteiger partial charge in [0, 0.05) is 18.3 Å². The van der Waals surface area contributed by atoms with Crippen LogP contribution < -0.4 is 10.9 Å². The predicted molar refractivity (Wildman–Crippen MR) is 78.8 cm³/mol. The number of aryl methyl sites for hydroxylation is 2. The Kier molecular flexibility index (Phi) is 4.60. The third kappa shape index (κ3) is 3.46. The number of nitrogens with one attached hydrogen (secondary N) is 2. The normalized spacial score (nSPS) is 19.8. The zero-order valence-corrected chi connectivity index (χ0v) is 12.6. The third-order valence-corrected chi connectivity index (χ3v) is 4.22. The molecule has 0 amide bonds. The lowest BCUT2D eigenvalue weighted by atomic mass is 9.84. The van der Waals surface area contributed by atoms with Crippen LogP contribution >= 0.6 is 0 Å². The fraction of sp³-hybridized carbons (Fsp3) is 0.733. The van der Waals surface area contributed by atoms with E-state index >= 15 is 0 Å². The predicted octanol–water partition coefficient (Wildman–Crippen LogP) is 1.73. The Balaban J connectivity index is 2.05. The lowest BCUT2D eigenvalue weighted by molar-refractivity contribution is 0.00294. The van der Waals surface area contributed by atoms with Crippen LogP contribution in [0.5, 0.6) is 0 Å². The van der Waals surface area contributed by atoms with Crippen LogP contribution in [0.4, 0.5) is 0 Å². The Hall–Kier alpha value is -1.20. The van der Waals surface area contributed by atoms with Gasteiger partial charge in [-0.2, -0.15) is 0 Å². The SMILES string of the molecule is Cc1nc(C)c(C(C)NCC2(O)CCCCC2)c(=O)[nH]1. The monoisotopic (exact) mass is 279 g/mol. The van der Waals surface area contributed by atoms with Crippen molar-refractivity contribution >= 4 is 0 Å². The minimum absolute atomic E-state index is 0.0920. The summed E-state index contributed by atoms with van der Waals surface area (Å²) in [5.74, 6) is 0.634. The van der Waals surface area contributed by atoms with E-state index in [4.69, 9.17) is 0 Å². The molecule has 1 aliphatic carbocycles. The summed E-state index contributed by atoms with van der Waals surface area (Å²) in [6.07, 6.45) is 5.05. The summed E-state index contributed by atoms with van der Waals surface area (Å²) in [6.45, 7) is 6.10. The van der Waals surface area contributed by atoms with Crippen molar-refractivity contribution in [3.8, 4) is 0 Å². The summed E-state index contributed by atoms with van der Waals surface area (Å²) in [4.78, 5) is 19.1. The van der Waals surface area contributed by atoms with E-state index < -0.39 is 5.60 Å². The molecular weight excluding hydrogens is 254 g/mol. The van der Waals surface area contributed by atoms with Gasteiger partial charge in [0.15, 0.2) is 0 Å². The van der Waals surface area contributed by atoms with Gasteiger partial charge in [0.1, 0.15) is 5.82 Å². The molecule has 1 heterocycles. The second-order valence-corrected chi connectivity index (χ2v) is 6.04. The van der Waals surface area contributed by atoms with Crippen LogP contribution in [0.25, 0.3) is 0 Å². The Bertz CT molecular complexity index is 518. The van der Waals surface area contributed by atoms with Crippen molar-refractivity contribution in [3.63, 3.8) is 0 Å². The minimum Gasteiger partial charge on any atom is -0.389 e. The molecule has 0 saturated heterocycles. The van der Waals surface area contributed by atoms with Gasteiger partial charge < -0.3 is 15.4 Å². The molecule has 1 fully saturated rings. The molecule has 0 spiro atoms. The Labute approximate surface area is 119 Å². The van der Waals surface area contributed by atoms with Crippen LogP contribution in [-0.2, 0) is 0 Å². The number of nitrogens with zero attached hydrogens (tertiary/aromatic N) is 1. The molecule has 20 heavy (non-hydrogen) atoms. The molecule has 1 unspecified atom stereocenters. The fourth-order valence-corrected chi connectivity index (χ4v) is 3.08. The molecule has 0 bridgehead atoms. The number of aromatic nitrogens is 2. The summed E-state index contributed by atoms with van der Waals surface area (Å²) in [5, 5.41) is 13.8. The molecule has 5 nitrogen and oxygen atoms in total. The quantitative estimate of drug-likeness (QED) is 0.784. The Morgan fingerprint density at radius 3 is 2.60 bits per heavy atom. The maximum Gasteiger partial charge on any atom is 0.255 e. The highest BCUT2D eigenvalue weighted by Gasteiger charge is 2.29. The molecule has 112 valence electrons. The van der Waals surface area contributed by atoms with Crippen molar-refractivity contribution < 1.29 is 5.11 Å². The van der Waals surface area contributed by atoms with Gasteiger partial charge in [0.2, 0.25) is 0 Å². The largest absolute Gasteiger partial charge is 0.389 e. The standard InChI is InChI=1S/C15H25N3O2/c1-10(13-11(2)17-12(3)18-14(13)19)16-9-15(20)7-5-4-6-8-15/h10,16,20H,4-9H2,1-3H3,(H,17,18,19). The van der Waals surface area contributed by atoms with Gasteiger partial charge in [-0.1, -0.05) is 19.3 Å². The third-order valence-electron chi connectivity index (χ3n) is 4.22. The van der Waals surface area contributed by atoms with Gasteiger partial charge in [-0.3, -0.25) is 4.79 Å². The Morgan fingerprint density at radius 1 is 1.35 bits per heavy atom. The van der Waals surface area contributed by atoms with E-state index in [-0.39, 0.29) is 11.6 Å². The average Bonchev–Trinajstić information content (AvgIpc) is 2.36. The number of hydrogen-bond acceptors (Lipinski definition) is 4. The highest BCUT2D eigenvalue weighted by Crippen LogP contribution is 2.28. The first kappa shape index (κ1) is 15.2. The van der Waals surface area contributed by atoms with Crippen molar-refractivity contribution in [2.45, 2.75) is 64.5 Å². The zero-order chi connectivity index (χ0) is 14.8. The van der Waals surface area contributed by atoms with Crippen LogP contribution in [0.1, 0.15) is 62.2 Å². The number of aromatic amines is 1. The maximum atomic E-state index is 12.0. The van der Waals surface area contributed by atoms with Crippen molar-refractivity contribution in [1.29, 1.82) is 0 Å². The second kappa shape index (κ2) is 6.06. The van der Waals surface area contributed by atoms with Gasteiger partial charge >= 0.3 is 0 Å². The van der Waals surface area contributed by atoms with Gasteiger partial charge in [0.25, 0.3) is 5.56 Å². The molecule has 3 N–H and O–H groups in total. The Morgan fingerprint density at radius 2 is 2.00 bits per heavy atom. The van der Waals surface area contributed by atoms with E-state index in [0.29, 0.717) is 17.9 Å². The smallest absolute Gasteiger partial charge is 0.255 e. The molecule has 1 aromatic rings. The molecule has 0 radical (unpaired) electrons. The van der Waals surface area contributed by atoms with Crippen LogP contribution in [0.2, 0.25) is 0 Å². The molecule has 5 heteroatoms. The van der Waals surface area contributed by atoms with Gasteiger partial charge in [0.05, 0.1) is 11.2 Å². The number of aliphatic hydroxyl groups is 1. The summed E-state index contributed by atoms with van der Waals surface area (Å²) < 4.78 is 0. The number of H-pyrrole nitrogens is 1. The van der Waals surface area contributed by atoms with Crippen molar-refractivity contribution in [2.24, 2.45) is 0 Å². The molecule has 2 rings (SSSR count). The molecule has 0 aliphatic heterocycles. The molecular formula is C15H25N3O2. The average molecular weight is 279 g/mol. The van der Waals surface area contributed by atoms with E-state index in [1.807, 2.05) is 13.8 Å². The number of rotatable bonds is 4. The summed E-state index contributed by atoms with van der Waals surface area (Å²) in [5.41, 5.74) is 0.702. The van der Waals surface area contributed by atoms with Crippen LogP contribution in [-0.4, -0.2) is 27.2 Å². The van der Waals surface area contributed by atoms with Crippen LogP contribution in [0.3, 0.4) is 0 Å². The molecule has 1 aliphatic rings. The highest BCUT2D eigenvalue weighted by atomic mass is 16.3. The van der Waals surface area contributed by atoms with Crippen molar-refractivity contribution in [1.82, 2.24) is 15.3 Å². The van der Waals surface area contributed by atoms with E-state index in [1.54, 1.807) is 6.92 Å². The van der Waals surface area contributed by atoms with Crippen LogP contribution in [0, 0.1) is 13.8 Å². The number of hydrogen-bond donors (Lipinski definition) is 3.